The number of ether oxygens (including phenoxy) is 1. The molecule has 0 radical (unpaired) electrons. The lowest BCUT2D eigenvalue weighted by Crippen LogP contribution is -2.55. The van der Waals surface area contributed by atoms with Crippen LogP contribution in [0.3, 0.4) is 0 Å². The van der Waals surface area contributed by atoms with Gasteiger partial charge in [0.2, 0.25) is 0 Å². The lowest BCUT2D eigenvalue weighted by molar-refractivity contribution is -0.161. The van der Waals surface area contributed by atoms with E-state index < -0.39 is 5.72 Å². The van der Waals surface area contributed by atoms with Crippen molar-refractivity contribution in [3.8, 4) is 5.75 Å². The third kappa shape index (κ3) is 2.45. The van der Waals surface area contributed by atoms with Gasteiger partial charge in [0.25, 0.3) is 5.91 Å². The number of hydrogen-bond acceptors (Lipinski definition) is 4. The fraction of sp³-hybridized carbons (Fsp3) is 0.130. The Bertz CT molecular complexity index is 1240. The van der Waals surface area contributed by atoms with Gasteiger partial charge < -0.3 is 10.1 Å². The van der Waals surface area contributed by atoms with Gasteiger partial charge in [0.05, 0.1) is 23.0 Å². The van der Waals surface area contributed by atoms with Crippen molar-refractivity contribution < 1.29 is 9.53 Å². The van der Waals surface area contributed by atoms with Gasteiger partial charge in [-0.25, -0.2) is 5.01 Å². The second-order valence-corrected chi connectivity index (χ2v) is 9.38. The SMILES string of the molecule is O=C1Nc2ccc(Br)cc2[C@]12Oc1ccccc1[C@H]1CC(c3ccc(Br)cc3)=NN12. The fourth-order valence-electron chi connectivity index (χ4n) is 4.48. The normalized spacial score (nSPS) is 23.4. The van der Waals surface area contributed by atoms with E-state index in [2.05, 4.69) is 43.2 Å². The minimum absolute atomic E-state index is 0.0933. The fourth-order valence-corrected chi connectivity index (χ4v) is 5.10. The van der Waals surface area contributed by atoms with Crippen molar-refractivity contribution in [2.45, 2.75) is 18.2 Å². The van der Waals surface area contributed by atoms with Crippen LogP contribution in [0.2, 0.25) is 0 Å². The molecule has 0 aromatic heterocycles. The van der Waals surface area contributed by atoms with Crippen LogP contribution in [0.5, 0.6) is 5.75 Å². The number of amides is 1. The summed E-state index contributed by atoms with van der Waals surface area (Å²) in [5.74, 6) is 0.491. The zero-order valence-corrected chi connectivity index (χ0v) is 18.8. The predicted molar refractivity (Wildman–Crippen MR) is 121 cm³/mol. The molecule has 1 amide bonds. The standard InChI is InChI=1S/C23H15Br2N3O2/c24-14-7-5-13(6-8-14)19-12-20-16-3-1-2-4-21(16)30-23(28(20)27-19)17-11-15(25)9-10-18(17)26-22(23)29/h1-11,20H,12H2,(H,26,29)/t20-,23+/m1/s1. The molecule has 2 atom stereocenters. The lowest BCUT2D eigenvalue weighted by atomic mass is 9.92. The Morgan fingerprint density at radius 2 is 1.80 bits per heavy atom. The highest BCUT2D eigenvalue weighted by atomic mass is 79.9. The zero-order valence-electron chi connectivity index (χ0n) is 15.6. The van der Waals surface area contributed by atoms with E-state index in [-0.39, 0.29) is 11.9 Å². The average Bonchev–Trinajstić information content (AvgIpc) is 3.30. The molecule has 0 saturated heterocycles. The number of fused-ring (bicyclic) bond motifs is 6. The molecule has 5 nitrogen and oxygen atoms in total. The first-order valence-electron chi connectivity index (χ1n) is 9.58. The molecule has 1 N–H and O–H groups in total. The maximum absolute atomic E-state index is 13.4. The van der Waals surface area contributed by atoms with Gasteiger partial charge >= 0.3 is 5.72 Å². The summed E-state index contributed by atoms with van der Waals surface area (Å²) >= 11 is 7.03. The van der Waals surface area contributed by atoms with E-state index in [4.69, 9.17) is 9.84 Å². The summed E-state index contributed by atoms with van der Waals surface area (Å²) in [6.07, 6.45) is 0.695. The Balaban J connectivity index is 1.57. The molecule has 148 valence electrons. The van der Waals surface area contributed by atoms with Gasteiger partial charge in [-0.2, -0.15) is 5.10 Å². The molecule has 3 heterocycles. The summed E-state index contributed by atoms with van der Waals surface area (Å²) < 4.78 is 8.37. The van der Waals surface area contributed by atoms with E-state index in [9.17, 15) is 4.79 Å². The molecule has 3 aliphatic heterocycles. The second-order valence-electron chi connectivity index (χ2n) is 7.55. The number of nitrogens with zero attached hydrogens (tertiary/aromatic N) is 2. The lowest BCUT2D eigenvalue weighted by Gasteiger charge is -2.44. The van der Waals surface area contributed by atoms with E-state index in [1.165, 1.54) is 0 Å². The van der Waals surface area contributed by atoms with Crippen LogP contribution in [0, 0.1) is 0 Å². The summed E-state index contributed by atoms with van der Waals surface area (Å²) in [7, 11) is 0. The Kier molecular flexibility index (Phi) is 3.89. The molecular formula is C23H15Br2N3O2. The number of anilines is 1. The molecule has 30 heavy (non-hydrogen) atoms. The van der Waals surface area contributed by atoms with Gasteiger partial charge in [-0.1, -0.05) is 62.2 Å². The summed E-state index contributed by atoms with van der Waals surface area (Å²) in [5.41, 5.74) is 3.18. The van der Waals surface area contributed by atoms with Crippen LogP contribution in [0.15, 0.2) is 80.8 Å². The minimum atomic E-state index is -1.34. The van der Waals surface area contributed by atoms with Crippen molar-refractivity contribution in [1.82, 2.24) is 5.01 Å². The summed E-state index contributed by atoms with van der Waals surface area (Å²) in [4.78, 5) is 13.4. The Morgan fingerprint density at radius 3 is 2.63 bits per heavy atom. The minimum Gasteiger partial charge on any atom is -0.453 e. The van der Waals surface area contributed by atoms with Crippen LogP contribution >= 0.6 is 31.9 Å². The molecule has 0 saturated carbocycles. The van der Waals surface area contributed by atoms with Crippen molar-refractivity contribution in [2.75, 3.05) is 5.32 Å². The quantitative estimate of drug-likeness (QED) is 0.453. The maximum atomic E-state index is 13.4. The molecule has 0 fully saturated rings. The van der Waals surface area contributed by atoms with Gasteiger partial charge in [0.15, 0.2) is 0 Å². The number of hydrogen-bond donors (Lipinski definition) is 1. The molecular weight excluding hydrogens is 510 g/mol. The predicted octanol–water partition coefficient (Wildman–Crippen LogP) is 5.56. The number of benzene rings is 3. The van der Waals surface area contributed by atoms with E-state index >= 15 is 0 Å². The average molecular weight is 525 g/mol. The van der Waals surface area contributed by atoms with Crippen LogP contribution < -0.4 is 10.1 Å². The van der Waals surface area contributed by atoms with E-state index in [0.29, 0.717) is 12.2 Å². The van der Waals surface area contributed by atoms with Crippen molar-refractivity contribution in [3.63, 3.8) is 0 Å². The van der Waals surface area contributed by atoms with Gasteiger partial charge in [-0.3, -0.25) is 4.79 Å². The number of rotatable bonds is 1. The van der Waals surface area contributed by atoms with Crippen LogP contribution in [-0.2, 0) is 10.5 Å². The number of carbonyl (C=O) groups is 1. The molecule has 0 bridgehead atoms. The van der Waals surface area contributed by atoms with Crippen molar-refractivity contribution >= 4 is 49.2 Å². The molecule has 3 aromatic rings. The molecule has 3 aliphatic rings. The Labute approximate surface area is 190 Å². The van der Waals surface area contributed by atoms with Crippen molar-refractivity contribution in [1.29, 1.82) is 0 Å². The third-order valence-corrected chi connectivity index (χ3v) is 6.87. The molecule has 7 heteroatoms. The Hall–Kier alpha value is -2.64. The van der Waals surface area contributed by atoms with Gasteiger partial charge in [0.1, 0.15) is 5.75 Å². The molecule has 0 aliphatic carbocycles. The highest BCUT2D eigenvalue weighted by Gasteiger charge is 2.60. The monoisotopic (exact) mass is 523 g/mol. The highest BCUT2D eigenvalue weighted by molar-refractivity contribution is 9.10. The van der Waals surface area contributed by atoms with Gasteiger partial charge in [0, 0.05) is 20.9 Å². The summed E-state index contributed by atoms with van der Waals surface area (Å²) in [6, 6.07) is 21.6. The number of halogens is 2. The molecule has 1 spiro atoms. The maximum Gasteiger partial charge on any atom is 0.306 e. The Morgan fingerprint density at radius 1 is 1.03 bits per heavy atom. The van der Waals surface area contributed by atoms with Crippen molar-refractivity contribution in [3.05, 3.63) is 92.4 Å². The van der Waals surface area contributed by atoms with Gasteiger partial charge in [-0.15, -0.1) is 0 Å². The topological polar surface area (TPSA) is 53.9 Å². The van der Waals surface area contributed by atoms with Crippen LogP contribution in [-0.4, -0.2) is 16.6 Å². The van der Waals surface area contributed by atoms with Crippen LogP contribution in [0.25, 0.3) is 0 Å². The first kappa shape index (κ1) is 18.2. The van der Waals surface area contributed by atoms with Crippen LogP contribution in [0.4, 0.5) is 5.69 Å². The highest BCUT2D eigenvalue weighted by Crippen LogP contribution is 2.54. The van der Waals surface area contributed by atoms with Crippen LogP contribution in [0.1, 0.15) is 29.2 Å². The summed E-state index contributed by atoms with van der Waals surface area (Å²) in [5, 5.41) is 9.79. The number of hydrazone groups is 1. The number of nitrogens with one attached hydrogen (secondary N) is 1. The largest absolute Gasteiger partial charge is 0.453 e. The molecule has 6 rings (SSSR count). The number of carbonyl (C=O) groups excluding carboxylic acids is 1. The molecule has 3 aromatic carbocycles. The number of para-hydroxylation sites is 1. The van der Waals surface area contributed by atoms with E-state index in [0.717, 1.165) is 37.0 Å². The third-order valence-electron chi connectivity index (χ3n) is 5.85. The first-order valence-corrected chi connectivity index (χ1v) is 11.2. The van der Waals surface area contributed by atoms with E-state index in [1.54, 1.807) is 0 Å². The zero-order chi connectivity index (χ0) is 20.5. The smallest absolute Gasteiger partial charge is 0.306 e. The first-order chi connectivity index (χ1) is 14.6. The molecule has 0 unspecified atom stereocenters. The van der Waals surface area contributed by atoms with Gasteiger partial charge in [-0.05, 0) is 42.0 Å². The van der Waals surface area contributed by atoms with E-state index in [1.807, 2.05) is 65.7 Å². The summed E-state index contributed by atoms with van der Waals surface area (Å²) in [6.45, 7) is 0. The van der Waals surface area contributed by atoms with Crippen molar-refractivity contribution in [2.24, 2.45) is 5.10 Å². The second kappa shape index (κ2) is 6.43.